The van der Waals surface area contributed by atoms with E-state index in [1.54, 1.807) is 17.9 Å². The van der Waals surface area contributed by atoms with Crippen LogP contribution in [0.15, 0.2) is 35.9 Å². The number of carbonyl (C=O) groups excluding carboxylic acids is 3. The number of likely N-dealkylation sites (tertiary alicyclic amines) is 1. The van der Waals surface area contributed by atoms with Gasteiger partial charge in [-0.1, -0.05) is 37.3 Å². The molecule has 0 saturated carbocycles. The van der Waals surface area contributed by atoms with E-state index in [2.05, 4.69) is 0 Å². The summed E-state index contributed by atoms with van der Waals surface area (Å²) in [5, 5.41) is 0. The van der Waals surface area contributed by atoms with E-state index in [9.17, 15) is 14.4 Å². The fourth-order valence-electron chi connectivity index (χ4n) is 3.51. The molecule has 1 atom stereocenters. The van der Waals surface area contributed by atoms with E-state index < -0.39 is 12.0 Å². The van der Waals surface area contributed by atoms with E-state index in [0.29, 0.717) is 18.5 Å². The molecule has 1 heterocycles. The first-order valence-corrected chi connectivity index (χ1v) is 9.32. The van der Waals surface area contributed by atoms with Crippen molar-refractivity contribution >= 4 is 17.9 Å². The zero-order chi connectivity index (χ0) is 20.0. The van der Waals surface area contributed by atoms with Crippen molar-refractivity contribution in [2.75, 3.05) is 20.2 Å². The number of methoxy groups -OCH3 is 1. The summed E-state index contributed by atoms with van der Waals surface area (Å²) in [4.78, 5) is 40.3. The van der Waals surface area contributed by atoms with Gasteiger partial charge in [0.25, 0.3) is 5.91 Å². The molecule has 1 unspecified atom stereocenters. The second kappa shape index (κ2) is 9.35. The van der Waals surface area contributed by atoms with Crippen LogP contribution in [0.2, 0.25) is 0 Å². The van der Waals surface area contributed by atoms with E-state index in [1.807, 2.05) is 38.1 Å². The molecular weight excluding hydrogens is 344 g/mol. The molecule has 1 aliphatic rings. The minimum Gasteiger partial charge on any atom is -0.452 e. The number of aryl methyl sites for hydroxylation is 1. The Morgan fingerprint density at radius 3 is 2.63 bits per heavy atom. The molecule has 2 rings (SSSR count). The Morgan fingerprint density at radius 2 is 2.00 bits per heavy atom. The topological polar surface area (TPSA) is 66.9 Å². The lowest BCUT2D eigenvalue weighted by atomic mass is 9.99. The number of rotatable bonds is 5. The highest BCUT2D eigenvalue weighted by Gasteiger charge is 2.34. The molecule has 0 spiro atoms. The van der Waals surface area contributed by atoms with Crippen LogP contribution in [0.1, 0.15) is 50.3 Å². The standard InChI is InChI=1S/C21H28N2O4/c1-5-9-16(3)20(25)23(21(26)27-4)14-19(24)22-13-8-12-18(22)17-11-7-6-10-15(17)2/h6-7,9-11,18H,5,8,12-14H2,1-4H3/b16-9+. The van der Waals surface area contributed by atoms with Gasteiger partial charge < -0.3 is 9.64 Å². The predicted octanol–water partition coefficient (Wildman–Crippen LogP) is 3.61. The predicted molar refractivity (Wildman–Crippen MR) is 103 cm³/mol. The van der Waals surface area contributed by atoms with Gasteiger partial charge in [0, 0.05) is 12.1 Å². The Hall–Kier alpha value is -2.63. The molecule has 1 aromatic carbocycles. The van der Waals surface area contributed by atoms with Crippen LogP contribution in [-0.2, 0) is 14.3 Å². The Balaban J connectivity index is 2.21. The number of benzene rings is 1. The van der Waals surface area contributed by atoms with Gasteiger partial charge in [-0.15, -0.1) is 0 Å². The van der Waals surface area contributed by atoms with Crippen molar-refractivity contribution in [3.05, 3.63) is 47.0 Å². The van der Waals surface area contributed by atoms with Crippen molar-refractivity contribution in [1.29, 1.82) is 0 Å². The Kier molecular flexibility index (Phi) is 7.16. The van der Waals surface area contributed by atoms with Gasteiger partial charge in [0.15, 0.2) is 0 Å². The van der Waals surface area contributed by atoms with Crippen LogP contribution in [0, 0.1) is 6.92 Å². The first kappa shape index (κ1) is 20.7. The third kappa shape index (κ3) is 4.76. The SMILES string of the molecule is CC/C=C(\C)C(=O)N(CC(=O)N1CCCC1c1ccccc1C)C(=O)OC. The minimum absolute atomic E-state index is 0.0272. The van der Waals surface area contributed by atoms with Crippen LogP contribution >= 0.6 is 0 Å². The normalized spacial score (nSPS) is 17.0. The maximum atomic E-state index is 13.0. The monoisotopic (exact) mass is 372 g/mol. The number of carbonyl (C=O) groups is 3. The molecule has 1 aliphatic heterocycles. The molecule has 1 aromatic rings. The molecule has 0 bridgehead atoms. The van der Waals surface area contributed by atoms with Crippen LogP contribution in [0.25, 0.3) is 0 Å². The Labute approximate surface area is 160 Å². The van der Waals surface area contributed by atoms with Gasteiger partial charge in [-0.3, -0.25) is 9.59 Å². The molecule has 0 N–H and O–H groups in total. The Morgan fingerprint density at radius 1 is 1.30 bits per heavy atom. The third-order valence-electron chi connectivity index (χ3n) is 4.90. The van der Waals surface area contributed by atoms with Gasteiger partial charge in [0.2, 0.25) is 5.91 Å². The maximum absolute atomic E-state index is 13.0. The van der Waals surface area contributed by atoms with Gasteiger partial charge in [-0.05, 0) is 44.2 Å². The van der Waals surface area contributed by atoms with Gasteiger partial charge in [0.1, 0.15) is 6.54 Å². The summed E-state index contributed by atoms with van der Waals surface area (Å²) in [5.74, 6) is -0.743. The van der Waals surface area contributed by atoms with Crippen LogP contribution < -0.4 is 0 Å². The first-order chi connectivity index (χ1) is 12.9. The van der Waals surface area contributed by atoms with E-state index >= 15 is 0 Å². The number of allylic oxidation sites excluding steroid dienone is 1. The molecule has 6 nitrogen and oxygen atoms in total. The van der Waals surface area contributed by atoms with Crippen molar-refractivity contribution in [2.24, 2.45) is 0 Å². The number of ether oxygens (including phenoxy) is 1. The van der Waals surface area contributed by atoms with Crippen molar-refractivity contribution in [1.82, 2.24) is 9.80 Å². The fraction of sp³-hybridized carbons (Fsp3) is 0.476. The second-order valence-electron chi connectivity index (χ2n) is 6.76. The zero-order valence-corrected chi connectivity index (χ0v) is 16.5. The molecule has 27 heavy (non-hydrogen) atoms. The van der Waals surface area contributed by atoms with Crippen molar-refractivity contribution in [3.63, 3.8) is 0 Å². The average molecular weight is 372 g/mol. The highest BCUT2D eigenvalue weighted by Crippen LogP contribution is 2.33. The zero-order valence-electron chi connectivity index (χ0n) is 16.5. The average Bonchev–Trinajstić information content (AvgIpc) is 3.15. The first-order valence-electron chi connectivity index (χ1n) is 9.32. The highest BCUT2D eigenvalue weighted by molar-refractivity contribution is 6.04. The smallest absolute Gasteiger partial charge is 0.416 e. The minimum atomic E-state index is -0.816. The van der Waals surface area contributed by atoms with E-state index in [1.165, 1.54) is 7.11 Å². The van der Waals surface area contributed by atoms with Crippen molar-refractivity contribution < 1.29 is 19.1 Å². The lowest BCUT2D eigenvalue weighted by molar-refractivity contribution is -0.138. The van der Waals surface area contributed by atoms with Crippen molar-refractivity contribution in [3.8, 4) is 0 Å². The molecule has 0 aliphatic carbocycles. The number of nitrogens with zero attached hydrogens (tertiary/aromatic N) is 2. The summed E-state index contributed by atoms with van der Waals surface area (Å²) in [6, 6.07) is 7.97. The molecule has 0 aromatic heterocycles. The maximum Gasteiger partial charge on any atom is 0.416 e. The van der Waals surface area contributed by atoms with Crippen molar-refractivity contribution in [2.45, 2.75) is 46.1 Å². The summed E-state index contributed by atoms with van der Waals surface area (Å²) in [7, 11) is 1.21. The van der Waals surface area contributed by atoms with Crippen LogP contribution in [0.3, 0.4) is 0 Å². The molecule has 0 radical (unpaired) electrons. The summed E-state index contributed by atoms with van der Waals surface area (Å²) >= 11 is 0. The number of imide groups is 1. The van der Waals surface area contributed by atoms with Crippen LogP contribution in [-0.4, -0.2) is 47.9 Å². The summed E-state index contributed by atoms with van der Waals surface area (Å²) in [6.45, 7) is 5.87. The molecule has 1 fully saturated rings. The number of amides is 3. The molecule has 3 amide bonds. The van der Waals surface area contributed by atoms with Crippen LogP contribution in [0.5, 0.6) is 0 Å². The highest BCUT2D eigenvalue weighted by atomic mass is 16.5. The van der Waals surface area contributed by atoms with Gasteiger partial charge in [-0.25, -0.2) is 9.69 Å². The van der Waals surface area contributed by atoms with E-state index in [-0.39, 0.29) is 18.5 Å². The summed E-state index contributed by atoms with van der Waals surface area (Å²) < 4.78 is 4.72. The molecule has 1 saturated heterocycles. The quantitative estimate of drug-likeness (QED) is 0.741. The third-order valence-corrected chi connectivity index (χ3v) is 4.90. The summed E-state index contributed by atoms with van der Waals surface area (Å²) in [5.41, 5.74) is 2.67. The number of hydrogen-bond acceptors (Lipinski definition) is 4. The molecular formula is C21H28N2O4. The summed E-state index contributed by atoms with van der Waals surface area (Å²) in [6.07, 6.45) is 3.35. The number of hydrogen-bond donors (Lipinski definition) is 0. The van der Waals surface area contributed by atoms with Crippen LogP contribution in [0.4, 0.5) is 4.79 Å². The van der Waals surface area contributed by atoms with Gasteiger partial charge in [0.05, 0.1) is 13.2 Å². The van der Waals surface area contributed by atoms with Gasteiger partial charge in [-0.2, -0.15) is 0 Å². The lowest BCUT2D eigenvalue weighted by Crippen LogP contribution is -2.45. The fourth-order valence-corrected chi connectivity index (χ4v) is 3.51. The lowest BCUT2D eigenvalue weighted by Gasteiger charge is -2.28. The largest absolute Gasteiger partial charge is 0.452 e. The van der Waals surface area contributed by atoms with E-state index in [4.69, 9.17) is 4.74 Å². The van der Waals surface area contributed by atoms with Gasteiger partial charge >= 0.3 is 6.09 Å². The molecule has 6 heteroatoms. The van der Waals surface area contributed by atoms with E-state index in [0.717, 1.165) is 28.9 Å². The Bertz CT molecular complexity index is 741. The second-order valence-corrected chi connectivity index (χ2v) is 6.76. The molecule has 146 valence electrons.